The smallest absolute Gasteiger partial charge is 0.253 e. The molecule has 3 atom stereocenters. The summed E-state index contributed by atoms with van der Waals surface area (Å²) in [4.78, 5) is 13.7. The van der Waals surface area contributed by atoms with Gasteiger partial charge in [0.2, 0.25) is 0 Å². The van der Waals surface area contributed by atoms with Crippen LogP contribution in [0.1, 0.15) is 36.2 Å². The molecule has 0 bridgehead atoms. The first-order valence-corrected chi connectivity index (χ1v) is 8.57. The predicted molar refractivity (Wildman–Crippen MR) is 91.6 cm³/mol. The van der Waals surface area contributed by atoms with Gasteiger partial charge in [-0.05, 0) is 37.1 Å². The highest BCUT2D eigenvalue weighted by atomic mass is 16.5. The van der Waals surface area contributed by atoms with Crippen LogP contribution in [0.5, 0.6) is 0 Å². The second-order valence-corrected chi connectivity index (χ2v) is 7.65. The second kappa shape index (κ2) is 6.25. The Bertz CT molecular complexity index is 582. The quantitative estimate of drug-likeness (QED) is 0.906. The van der Waals surface area contributed by atoms with Gasteiger partial charge in [-0.2, -0.15) is 0 Å². The van der Waals surface area contributed by atoms with E-state index in [0.717, 1.165) is 25.1 Å². The van der Waals surface area contributed by atoms with E-state index in [-0.39, 0.29) is 11.3 Å². The lowest BCUT2D eigenvalue weighted by atomic mass is 9.57. The van der Waals surface area contributed by atoms with Gasteiger partial charge in [0.1, 0.15) is 0 Å². The van der Waals surface area contributed by atoms with Crippen LogP contribution in [0.25, 0.3) is 0 Å². The van der Waals surface area contributed by atoms with Gasteiger partial charge in [0.15, 0.2) is 0 Å². The molecule has 2 fully saturated rings. The Morgan fingerprint density at radius 1 is 1.39 bits per heavy atom. The number of carbonyl (C=O) groups is 1. The summed E-state index contributed by atoms with van der Waals surface area (Å²) in [6, 6.07) is 8.51. The average Bonchev–Trinajstić information content (AvgIpc) is 2.97. The number of rotatable bonds is 5. The normalized spacial score (nSPS) is 28.1. The summed E-state index contributed by atoms with van der Waals surface area (Å²) in [6.45, 7) is 6.45. The lowest BCUT2D eigenvalue weighted by Gasteiger charge is -2.55. The molecule has 0 aromatic heterocycles. The number of nitrogens with one attached hydrogen (secondary N) is 1. The van der Waals surface area contributed by atoms with E-state index in [4.69, 9.17) is 4.74 Å². The lowest BCUT2D eigenvalue weighted by molar-refractivity contribution is -0.112. The largest absolute Gasteiger partial charge is 0.377 e. The number of amides is 1. The maximum absolute atomic E-state index is 12.0. The van der Waals surface area contributed by atoms with Crippen LogP contribution in [-0.2, 0) is 11.2 Å². The van der Waals surface area contributed by atoms with Crippen molar-refractivity contribution in [2.45, 2.75) is 38.8 Å². The van der Waals surface area contributed by atoms with E-state index >= 15 is 0 Å². The molecule has 1 saturated carbocycles. The second-order valence-electron chi connectivity index (χ2n) is 7.65. The van der Waals surface area contributed by atoms with Crippen molar-refractivity contribution >= 4 is 5.91 Å². The Balaban J connectivity index is 1.55. The number of nitrogens with zero attached hydrogens (tertiary/aromatic N) is 1. The van der Waals surface area contributed by atoms with E-state index < -0.39 is 0 Å². The average molecular weight is 316 g/mol. The Morgan fingerprint density at radius 2 is 2.17 bits per heavy atom. The molecule has 3 rings (SSSR count). The van der Waals surface area contributed by atoms with Gasteiger partial charge in [0.05, 0.1) is 6.10 Å². The molecule has 1 aromatic carbocycles. The van der Waals surface area contributed by atoms with Crippen molar-refractivity contribution in [1.82, 2.24) is 10.2 Å². The van der Waals surface area contributed by atoms with Crippen LogP contribution in [0, 0.1) is 11.3 Å². The molecule has 1 heterocycles. The fourth-order valence-corrected chi connectivity index (χ4v) is 4.23. The molecule has 1 N–H and O–H groups in total. The Kier molecular flexibility index (Phi) is 4.47. The lowest BCUT2D eigenvalue weighted by Crippen LogP contribution is -2.66. The topological polar surface area (TPSA) is 41.6 Å². The van der Waals surface area contributed by atoms with Crippen molar-refractivity contribution in [3.63, 3.8) is 0 Å². The minimum absolute atomic E-state index is 0.0610. The molecule has 1 aromatic rings. The van der Waals surface area contributed by atoms with E-state index in [2.05, 4.69) is 25.2 Å². The Hall–Kier alpha value is -1.39. The van der Waals surface area contributed by atoms with Crippen LogP contribution in [0.3, 0.4) is 0 Å². The van der Waals surface area contributed by atoms with Crippen molar-refractivity contribution in [3.8, 4) is 0 Å². The number of ether oxygens (including phenoxy) is 1. The highest BCUT2D eigenvalue weighted by molar-refractivity contribution is 5.94. The molecule has 0 spiro atoms. The highest BCUT2D eigenvalue weighted by Gasteiger charge is 2.58. The van der Waals surface area contributed by atoms with Crippen LogP contribution in [-0.4, -0.2) is 50.2 Å². The summed E-state index contributed by atoms with van der Waals surface area (Å²) in [5.41, 5.74) is 2.20. The molecule has 1 aliphatic heterocycles. The molecule has 1 amide bonds. The van der Waals surface area contributed by atoms with Gasteiger partial charge in [0, 0.05) is 43.6 Å². The third-order valence-corrected chi connectivity index (χ3v) is 5.46. The maximum Gasteiger partial charge on any atom is 0.253 e. The van der Waals surface area contributed by atoms with E-state index in [1.165, 1.54) is 12.0 Å². The Labute approximate surface area is 139 Å². The first kappa shape index (κ1) is 16.5. The van der Waals surface area contributed by atoms with Gasteiger partial charge in [-0.1, -0.05) is 26.0 Å². The van der Waals surface area contributed by atoms with Gasteiger partial charge in [-0.25, -0.2) is 0 Å². The van der Waals surface area contributed by atoms with Crippen LogP contribution in [0.2, 0.25) is 0 Å². The van der Waals surface area contributed by atoms with Crippen molar-refractivity contribution in [2.24, 2.45) is 11.3 Å². The van der Waals surface area contributed by atoms with Gasteiger partial charge >= 0.3 is 0 Å². The van der Waals surface area contributed by atoms with Crippen molar-refractivity contribution < 1.29 is 9.53 Å². The van der Waals surface area contributed by atoms with E-state index in [9.17, 15) is 4.79 Å². The van der Waals surface area contributed by atoms with Crippen LogP contribution >= 0.6 is 0 Å². The highest BCUT2D eigenvalue weighted by Crippen LogP contribution is 2.51. The van der Waals surface area contributed by atoms with Gasteiger partial charge in [0.25, 0.3) is 5.91 Å². The first-order valence-electron chi connectivity index (χ1n) is 8.57. The maximum atomic E-state index is 12.0. The number of benzene rings is 1. The van der Waals surface area contributed by atoms with Gasteiger partial charge in [-0.15, -0.1) is 0 Å². The van der Waals surface area contributed by atoms with Crippen LogP contribution in [0.4, 0.5) is 0 Å². The molecule has 4 heteroatoms. The summed E-state index contributed by atoms with van der Waals surface area (Å²) in [7, 11) is 3.57. The van der Waals surface area contributed by atoms with Crippen LogP contribution < -0.4 is 5.32 Å². The molecular formula is C19H28N2O2. The molecule has 1 aliphatic carbocycles. The summed E-state index contributed by atoms with van der Waals surface area (Å²) in [6.07, 6.45) is 2.55. The van der Waals surface area contributed by atoms with Crippen molar-refractivity contribution in [1.29, 1.82) is 0 Å². The summed E-state index contributed by atoms with van der Waals surface area (Å²) >= 11 is 0. The monoisotopic (exact) mass is 316 g/mol. The standard InChI is InChI=1S/C19H28N2O2/c1-19(2)16(15-9-11-23-17(15)19)20-10-8-13-6-5-7-14(12-13)18(22)21(3)4/h5-7,12,15-17,20H,8-11H2,1-4H3/t15-,16?,17-/m0/s1. The zero-order valence-electron chi connectivity index (χ0n) is 14.6. The fraction of sp³-hybridized carbons (Fsp3) is 0.632. The molecule has 2 aliphatic rings. The number of hydrogen-bond acceptors (Lipinski definition) is 3. The molecule has 0 radical (unpaired) electrons. The number of carbonyl (C=O) groups excluding carboxylic acids is 1. The molecule has 23 heavy (non-hydrogen) atoms. The summed E-state index contributed by atoms with van der Waals surface area (Å²) < 4.78 is 5.84. The SMILES string of the molecule is CN(C)C(=O)c1cccc(CCNC2[C@@H]3CCO[C@@H]3C2(C)C)c1. The molecule has 1 unspecified atom stereocenters. The van der Waals surface area contributed by atoms with Crippen molar-refractivity contribution in [2.75, 3.05) is 27.2 Å². The first-order chi connectivity index (χ1) is 10.9. The molecule has 126 valence electrons. The van der Waals surface area contributed by atoms with Gasteiger partial charge in [-0.3, -0.25) is 4.79 Å². The van der Waals surface area contributed by atoms with E-state index in [1.807, 2.05) is 18.2 Å². The molecule has 1 saturated heterocycles. The Morgan fingerprint density at radius 3 is 2.91 bits per heavy atom. The van der Waals surface area contributed by atoms with Crippen molar-refractivity contribution in [3.05, 3.63) is 35.4 Å². The third-order valence-electron chi connectivity index (χ3n) is 5.46. The molecular weight excluding hydrogens is 288 g/mol. The zero-order chi connectivity index (χ0) is 16.6. The van der Waals surface area contributed by atoms with Gasteiger partial charge < -0.3 is 15.0 Å². The minimum Gasteiger partial charge on any atom is -0.377 e. The summed E-state index contributed by atoms with van der Waals surface area (Å²) in [5, 5.41) is 3.73. The van der Waals surface area contributed by atoms with E-state index in [1.54, 1.807) is 19.0 Å². The third kappa shape index (κ3) is 3.02. The molecule has 4 nitrogen and oxygen atoms in total. The van der Waals surface area contributed by atoms with Crippen LogP contribution in [0.15, 0.2) is 24.3 Å². The summed E-state index contributed by atoms with van der Waals surface area (Å²) in [5.74, 6) is 0.734. The minimum atomic E-state index is 0.0610. The number of fused-ring (bicyclic) bond motifs is 1. The fourth-order valence-electron chi connectivity index (χ4n) is 4.23. The predicted octanol–water partition coefficient (Wildman–Crippen LogP) is 2.33. The number of hydrogen-bond donors (Lipinski definition) is 1. The zero-order valence-corrected chi connectivity index (χ0v) is 14.6. The van der Waals surface area contributed by atoms with E-state index in [0.29, 0.717) is 18.1 Å².